The third-order valence-corrected chi connectivity index (χ3v) is 8.46. The molecule has 0 amide bonds. The Morgan fingerprint density at radius 3 is 2.39 bits per heavy atom. The van der Waals surface area contributed by atoms with Gasteiger partial charge in [0, 0.05) is 37.3 Å². The van der Waals surface area contributed by atoms with Gasteiger partial charge < -0.3 is 24.4 Å². The molecule has 0 bridgehead atoms. The van der Waals surface area contributed by atoms with E-state index in [-0.39, 0.29) is 6.10 Å². The van der Waals surface area contributed by atoms with E-state index in [0.29, 0.717) is 17.7 Å². The number of phenolic OH excluding ortho intramolecular Hbond substituents is 1. The highest BCUT2D eigenvalue weighted by atomic mass is 16.5. The number of allylic oxidation sites excluding steroid dienone is 1. The molecule has 0 fully saturated rings. The SMILES string of the molecule is C/C=C\C(CC(CC)Oc1ccc(CN(CC)c2cc(OC)ccc2C2CCc3cc(O)ccc3C2)cc1)N(C)C. The molecule has 3 unspecified atom stereocenters. The van der Waals surface area contributed by atoms with Gasteiger partial charge in [-0.05, 0) is 112 Å². The number of nitrogens with zero attached hydrogens (tertiary/aromatic N) is 2. The maximum Gasteiger partial charge on any atom is 0.120 e. The van der Waals surface area contributed by atoms with Crippen molar-refractivity contribution in [3.63, 3.8) is 0 Å². The molecule has 3 aromatic rings. The molecular weight excluding hydrogens is 508 g/mol. The second-order valence-electron chi connectivity index (χ2n) is 11.4. The number of anilines is 1. The lowest BCUT2D eigenvalue weighted by molar-refractivity contribution is 0.155. The molecule has 3 aromatic carbocycles. The summed E-state index contributed by atoms with van der Waals surface area (Å²) < 4.78 is 12.1. The van der Waals surface area contributed by atoms with Crippen LogP contribution in [0.5, 0.6) is 17.2 Å². The largest absolute Gasteiger partial charge is 0.508 e. The van der Waals surface area contributed by atoms with E-state index in [9.17, 15) is 5.11 Å². The first-order valence-corrected chi connectivity index (χ1v) is 15.1. The van der Waals surface area contributed by atoms with Gasteiger partial charge in [-0.15, -0.1) is 0 Å². The summed E-state index contributed by atoms with van der Waals surface area (Å²) in [4.78, 5) is 4.70. The molecule has 5 nitrogen and oxygen atoms in total. The van der Waals surface area contributed by atoms with Crippen LogP contribution >= 0.6 is 0 Å². The van der Waals surface area contributed by atoms with E-state index in [2.05, 4.69) is 105 Å². The normalized spacial score (nSPS) is 16.4. The van der Waals surface area contributed by atoms with E-state index in [4.69, 9.17) is 9.47 Å². The Morgan fingerprint density at radius 1 is 0.976 bits per heavy atom. The first kappa shape index (κ1) is 30.5. The number of fused-ring (bicyclic) bond motifs is 1. The van der Waals surface area contributed by atoms with Crippen molar-refractivity contribution < 1.29 is 14.6 Å². The molecule has 0 saturated carbocycles. The van der Waals surface area contributed by atoms with Crippen molar-refractivity contribution in [3.8, 4) is 17.2 Å². The Bertz CT molecular complexity index is 1280. The first-order valence-electron chi connectivity index (χ1n) is 15.1. The maximum absolute atomic E-state index is 9.93. The van der Waals surface area contributed by atoms with E-state index in [0.717, 1.165) is 56.7 Å². The molecule has 5 heteroatoms. The third kappa shape index (κ3) is 7.85. The Morgan fingerprint density at radius 2 is 1.73 bits per heavy atom. The zero-order valence-electron chi connectivity index (χ0n) is 25.8. The van der Waals surface area contributed by atoms with Crippen LogP contribution < -0.4 is 14.4 Å². The predicted octanol–water partition coefficient (Wildman–Crippen LogP) is 7.75. The van der Waals surface area contributed by atoms with Crippen molar-refractivity contribution >= 4 is 5.69 Å². The zero-order chi connectivity index (χ0) is 29.4. The summed E-state index contributed by atoms with van der Waals surface area (Å²) in [6.07, 6.45) is 9.51. The van der Waals surface area contributed by atoms with Crippen molar-refractivity contribution in [2.45, 2.75) is 77.5 Å². The van der Waals surface area contributed by atoms with Gasteiger partial charge in [0.2, 0.25) is 0 Å². The molecular formula is C36H48N2O3. The van der Waals surface area contributed by atoms with Gasteiger partial charge in [0.05, 0.1) is 7.11 Å². The average Bonchev–Trinajstić information content (AvgIpc) is 2.99. The van der Waals surface area contributed by atoms with Gasteiger partial charge in [-0.3, -0.25) is 0 Å². The molecule has 1 aliphatic carbocycles. The number of phenols is 1. The molecule has 1 N–H and O–H groups in total. The first-order chi connectivity index (χ1) is 19.8. The van der Waals surface area contributed by atoms with Crippen LogP contribution in [-0.4, -0.2) is 49.9 Å². The lowest BCUT2D eigenvalue weighted by Gasteiger charge is -2.32. The Kier molecular flexibility index (Phi) is 10.8. The monoisotopic (exact) mass is 556 g/mol. The summed E-state index contributed by atoms with van der Waals surface area (Å²) >= 11 is 0. The van der Waals surface area contributed by atoms with Gasteiger partial charge in [-0.2, -0.15) is 0 Å². The molecule has 3 atom stereocenters. The van der Waals surface area contributed by atoms with Crippen LogP contribution in [-0.2, 0) is 19.4 Å². The molecule has 0 heterocycles. The highest BCUT2D eigenvalue weighted by molar-refractivity contribution is 5.60. The number of aromatic hydroxyl groups is 1. The lowest BCUT2D eigenvalue weighted by atomic mass is 9.79. The Balaban J connectivity index is 1.50. The fraction of sp³-hybridized carbons (Fsp3) is 0.444. The topological polar surface area (TPSA) is 45.2 Å². The van der Waals surface area contributed by atoms with Crippen molar-refractivity contribution in [2.24, 2.45) is 0 Å². The summed E-state index contributed by atoms with van der Waals surface area (Å²) in [6, 6.07) is 21.4. The van der Waals surface area contributed by atoms with Crippen LogP contribution in [0.15, 0.2) is 72.8 Å². The minimum atomic E-state index is 0.167. The molecule has 0 spiro atoms. The maximum atomic E-state index is 9.93. The van der Waals surface area contributed by atoms with Gasteiger partial charge in [-0.25, -0.2) is 0 Å². The highest BCUT2D eigenvalue weighted by Gasteiger charge is 2.25. The molecule has 4 rings (SSSR count). The quantitative estimate of drug-likeness (QED) is 0.218. The predicted molar refractivity (Wildman–Crippen MR) is 171 cm³/mol. The summed E-state index contributed by atoms with van der Waals surface area (Å²) in [5, 5.41) is 9.93. The number of methoxy groups -OCH3 is 1. The van der Waals surface area contributed by atoms with E-state index < -0.39 is 0 Å². The number of ether oxygens (including phenoxy) is 2. The van der Waals surface area contributed by atoms with Crippen molar-refractivity contribution in [1.82, 2.24) is 4.90 Å². The zero-order valence-corrected chi connectivity index (χ0v) is 25.8. The standard InChI is InChI=1S/C36H48N2O3/c1-7-10-30(37(4)5)23-32(8-2)41-33-17-11-26(12-18-33)25-38(9-3)36-24-34(40-6)19-20-35(36)29-14-13-28-22-31(39)16-15-27(28)21-29/h7,10-12,15-20,22,24,29-30,32,39H,8-9,13-14,21,23,25H2,1-6H3/b10-7-. The minimum Gasteiger partial charge on any atom is -0.508 e. The van der Waals surface area contributed by atoms with Crippen molar-refractivity contribution in [2.75, 3.05) is 32.6 Å². The van der Waals surface area contributed by atoms with Gasteiger partial charge in [0.1, 0.15) is 23.4 Å². The Hall–Kier alpha value is -3.44. The van der Waals surface area contributed by atoms with E-state index in [1.54, 1.807) is 7.11 Å². The van der Waals surface area contributed by atoms with Crippen LogP contribution in [0.4, 0.5) is 5.69 Å². The number of aryl methyl sites for hydroxylation is 1. The van der Waals surface area contributed by atoms with Crippen LogP contribution in [0.25, 0.3) is 0 Å². The fourth-order valence-corrected chi connectivity index (χ4v) is 5.98. The van der Waals surface area contributed by atoms with Gasteiger partial charge in [-0.1, -0.05) is 43.3 Å². The molecule has 0 radical (unpaired) electrons. The summed E-state index contributed by atoms with van der Waals surface area (Å²) in [6.45, 7) is 8.20. The van der Waals surface area contributed by atoms with E-state index in [1.165, 1.54) is 27.9 Å². The Labute approximate surface area is 247 Å². The van der Waals surface area contributed by atoms with Gasteiger partial charge in [0.25, 0.3) is 0 Å². The molecule has 1 aliphatic rings. The second-order valence-corrected chi connectivity index (χ2v) is 11.4. The van der Waals surface area contributed by atoms with Crippen LogP contribution in [0, 0.1) is 0 Å². The number of hydrogen-bond acceptors (Lipinski definition) is 5. The van der Waals surface area contributed by atoms with E-state index >= 15 is 0 Å². The number of likely N-dealkylation sites (N-methyl/N-ethyl adjacent to an activating group) is 1. The van der Waals surface area contributed by atoms with Crippen LogP contribution in [0.2, 0.25) is 0 Å². The highest BCUT2D eigenvalue weighted by Crippen LogP contribution is 2.40. The van der Waals surface area contributed by atoms with Crippen LogP contribution in [0.1, 0.15) is 68.2 Å². The van der Waals surface area contributed by atoms with Crippen molar-refractivity contribution in [1.29, 1.82) is 0 Å². The molecule has 0 aliphatic heterocycles. The smallest absolute Gasteiger partial charge is 0.120 e. The summed E-state index contributed by atoms with van der Waals surface area (Å²) in [5.41, 5.74) is 6.48. The van der Waals surface area contributed by atoms with Gasteiger partial charge >= 0.3 is 0 Å². The lowest BCUT2D eigenvalue weighted by Crippen LogP contribution is -2.32. The number of rotatable bonds is 13. The fourth-order valence-electron chi connectivity index (χ4n) is 5.98. The third-order valence-electron chi connectivity index (χ3n) is 8.46. The molecule has 0 aromatic heterocycles. The van der Waals surface area contributed by atoms with E-state index in [1.807, 2.05) is 12.1 Å². The summed E-state index contributed by atoms with van der Waals surface area (Å²) in [7, 11) is 5.98. The second kappa shape index (κ2) is 14.5. The molecule has 0 saturated heterocycles. The number of benzene rings is 3. The van der Waals surface area contributed by atoms with Gasteiger partial charge in [0.15, 0.2) is 0 Å². The molecule has 220 valence electrons. The minimum absolute atomic E-state index is 0.167. The van der Waals surface area contributed by atoms with Crippen molar-refractivity contribution in [3.05, 3.63) is 95.1 Å². The number of hydrogen-bond donors (Lipinski definition) is 1. The summed E-state index contributed by atoms with van der Waals surface area (Å²) in [5.74, 6) is 2.59. The van der Waals surface area contributed by atoms with Crippen LogP contribution in [0.3, 0.4) is 0 Å². The molecule has 41 heavy (non-hydrogen) atoms. The average molecular weight is 557 g/mol.